The molecule has 2 rings (SSSR count). The summed E-state index contributed by atoms with van der Waals surface area (Å²) in [6.07, 6.45) is 2.35. The van der Waals surface area contributed by atoms with Crippen molar-refractivity contribution in [1.82, 2.24) is 4.90 Å². The van der Waals surface area contributed by atoms with Gasteiger partial charge in [0.25, 0.3) is 0 Å². The van der Waals surface area contributed by atoms with Gasteiger partial charge in [0.1, 0.15) is 0 Å². The molecule has 1 saturated heterocycles. The van der Waals surface area contributed by atoms with Crippen molar-refractivity contribution in [3.63, 3.8) is 0 Å². The molecule has 0 bridgehead atoms. The number of nitrogens with one attached hydrogen (secondary N) is 1. The summed E-state index contributed by atoms with van der Waals surface area (Å²) in [7, 11) is 0. The van der Waals surface area contributed by atoms with Crippen LogP contribution in [-0.4, -0.2) is 36.5 Å². The summed E-state index contributed by atoms with van der Waals surface area (Å²) < 4.78 is 0. The molecule has 0 saturated carbocycles. The third-order valence-electron chi connectivity index (χ3n) is 4.68. The van der Waals surface area contributed by atoms with E-state index >= 15 is 0 Å². The van der Waals surface area contributed by atoms with Crippen LogP contribution in [0.3, 0.4) is 0 Å². The molecule has 1 heterocycles. The Morgan fingerprint density at radius 2 is 2.09 bits per heavy atom. The van der Waals surface area contributed by atoms with Crippen LogP contribution in [0.15, 0.2) is 24.3 Å². The highest BCUT2D eigenvalue weighted by molar-refractivity contribution is 5.93. The molecular weight excluding hydrogens is 310 g/mol. The lowest BCUT2D eigenvalue weighted by molar-refractivity contribution is -0.118. The molecule has 0 radical (unpaired) electrons. The van der Waals surface area contributed by atoms with Crippen molar-refractivity contribution in [2.24, 2.45) is 11.7 Å². The molecule has 1 aliphatic heterocycles. The lowest BCUT2D eigenvalue weighted by Gasteiger charge is -2.39. The summed E-state index contributed by atoms with van der Waals surface area (Å²) >= 11 is 0. The van der Waals surface area contributed by atoms with E-state index in [9.17, 15) is 4.79 Å². The smallest absolute Gasteiger partial charge is 0.238 e. The number of carbonyl (C=O) groups is 1. The van der Waals surface area contributed by atoms with Crippen LogP contribution in [0.25, 0.3) is 0 Å². The first kappa shape index (κ1) is 19.9. The SMILES string of the molecule is CC(C)c1ccccc1NC(=O)CN1CCCC(C)C1CN.Cl. The molecule has 23 heavy (non-hydrogen) atoms. The molecule has 0 aliphatic carbocycles. The molecule has 130 valence electrons. The van der Waals surface area contributed by atoms with Gasteiger partial charge in [-0.15, -0.1) is 12.4 Å². The topological polar surface area (TPSA) is 58.4 Å². The Bertz CT molecular complexity index is 507. The third-order valence-corrected chi connectivity index (χ3v) is 4.68. The minimum absolute atomic E-state index is 0. The number of piperidine rings is 1. The average molecular weight is 340 g/mol. The first-order valence-electron chi connectivity index (χ1n) is 8.35. The number of nitrogens with two attached hydrogens (primary N) is 1. The minimum Gasteiger partial charge on any atom is -0.329 e. The fourth-order valence-corrected chi connectivity index (χ4v) is 3.40. The second-order valence-corrected chi connectivity index (χ2v) is 6.68. The van der Waals surface area contributed by atoms with E-state index in [4.69, 9.17) is 5.73 Å². The predicted molar refractivity (Wildman–Crippen MR) is 99.2 cm³/mol. The molecule has 1 aromatic rings. The lowest BCUT2D eigenvalue weighted by atomic mass is 9.91. The number of carbonyl (C=O) groups excluding carboxylic acids is 1. The Hall–Kier alpha value is -1.10. The summed E-state index contributed by atoms with van der Waals surface area (Å²) in [4.78, 5) is 14.7. The van der Waals surface area contributed by atoms with Crippen LogP contribution in [0.2, 0.25) is 0 Å². The van der Waals surface area contributed by atoms with Crippen molar-refractivity contribution in [3.05, 3.63) is 29.8 Å². The van der Waals surface area contributed by atoms with Crippen molar-refractivity contribution in [2.45, 2.75) is 45.6 Å². The van der Waals surface area contributed by atoms with Gasteiger partial charge in [0.15, 0.2) is 0 Å². The van der Waals surface area contributed by atoms with Crippen molar-refractivity contribution < 1.29 is 4.79 Å². The molecule has 2 unspecified atom stereocenters. The molecule has 0 aromatic heterocycles. The summed E-state index contributed by atoms with van der Waals surface area (Å²) in [6.45, 7) is 8.53. The van der Waals surface area contributed by atoms with Gasteiger partial charge < -0.3 is 11.1 Å². The van der Waals surface area contributed by atoms with E-state index in [-0.39, 0.29) is 18.3 Å². The number of amides is 1. The van der Waals surface area contributed by atoms with Gasteiger partial charge in [-0.25, -0.2) is 0 Å². The Labute approximate surface area is 146 Å². The van der Waals surface area contributed by atoms with E-state index in [2.05, 4.69) is 37.1 Å². The number of hydrogen-bond acceptors (Lipinski definition) is 3. The zero-order valence-corrected chi connectivity index (χ0v) is 15.2. The highest BCUT2D eigenvalue weighted by Gasteiger charge is 2.28. The van der Waals surface area contributed by atoms with Gasteiger partial charge in [0.05, 0.1) is 6.54 Å². The monoisotopic (exact) mass is 339 g/mol. The fourth-order valence-electron chi connectivity index (χ4n) is 3.40. The highest BCUT2D eigenvalue weighted by Crippen LogP contribution is 2.25. The van der Waals surface area contributed by atoms with E-state index in [1.54, 1.807) is 0 Å². The first-order valence-corrected chi connectivity index (χ1v) is 8.35. The van der Waals surface area contributed by atoms with Crippen molar-refractivity contribution in [2.75, 3.05) is 25.0 Å². The van der Waals surface area contributed by atoms with Crippen LogP contribution in [0.1, 0.15) is 45.1 Å². The van der Waals surface area contributed by atoms with Gasteiger partial charge in [-0.05, 0) is 42.9 Å². The summed E-state index contributed by atoms with van der Waals surface area (Å²) in [6, 6.07) is 8.35. The lowest BCUT2D eigenvalue weighted by Crippen LogP contribution is -2.51. The normalized spacial score (nSPS) is 21.8. The first-order chi connectivity index (χ1) is 10.5. The number of rotatable bonds is 5. The molecule has 2 atom stereocenters. The van der Waals surface area contributed by atoms with Gasteiger partial charge in [-0.2, -0.15) is 0 Å². The van der Waals surface area contributed by atoms with E-state index < -0.39 is 0 Å². The number of hydrogen-bond donors (Lipinski definition) is 2. The Morgan fingerprint density at radius 3 is 2.74 bits per heavy atom. The van der Waals surface area contributed by atoms with Crippen LogP contribution >= 0.6 is 12.4 Å². The van der Waals surface area contributed by atoms with Crippen molar-refractivity contribution in [1.29, 1.82) is 0 Å². The maximum absolute atomic E-state index is 12.4. The molecule has 4 nitrogen and oxygen atoms in total. The summed E-state index contributed by atoms with van der Waals surface area (Å²) in [5, 5.41) is 3.08. The maximum Gasteiger partial charge on any atom is 0.238 e. The Balaban J connectivity index is 0.00000264. The summed E-state index contributed by atoms with van der Waals surface area (Å²) in [5.41, 5.74) is 8.01. The minimum atomic E-state index is 0. The number of nitrogens with zero attached hydrogens (tertiary/aromatic N) is 1. The van der Waals surface area contributed by atoms with Crippen LogP contribution in [0, 0.1) is 5.92 Å². The number of halogens is 1. The van der Waals surface area contributed by atoms with Crippen LogP contribution < -0.4 is 11.1 Å². The van der Waals surface area contributed by atoms with Crippen LogP contribution in [0.4, 0.5) is 5.69 Å². The molecule has 1 aliphatic rings. The average Bonchev–Trinajstić information content (AvgIpc) is 2.47. The van der Waals surface area contributed by atoms with Crippen LogP contribution in [-0.2, 0) is 4.79 Å². The standard InChI is InChI=1S/C18H29N3O.ClH/c1-13(2)15-8-4-5-9-16(15)20-18(22)12-21-10-6-7-14(3)17(21)11-19;/h4-5,8-9,13-14,17H,6-7,10-12,19H2,1-3H3,(H,20,22);1H. The zero-order chi connectivity index (χ0) is 16.1. The van der Waals surface area contributed by atoms with Gasteiger partial charge in [0, 0.05) is 18.3 Å². The highest BCUT2D eigenvalue weighted by atomic mass is 35.5. The van der Waals surface area contributed by atoms with Crippen LogP contribution in [0.5, 0.6) is 0 Å². The Morgan fingerprint density at radius 1 is 1.39 bits per heavy atom. The van der Waals surface area contributed by atoms with Gasteiger partial charge >= 0.3 is 0 Å². The van der Waals surface area contributed by atoms with E-state index in [1.165, 1.54) is 12.0 Å². The molecule has 1 fully saturated rings. The maximum atomic E-state index is 12.4. The fraction of sp³-hybridized carbons (Fsp3) is 0.611. The van der Waals surface area contributed by atoms with Crippen molar-refractivity contribution in [3.8, 4) is 0 Å². The number of likely N-dealkylation sites (tertiary alicyclic amines) is 1. The largest absolute Gasteiger partial charge is 0.329 e. The van der Waals surface area contributed by atoms with Crippen molar-refractivity contribution >= 4 is 24.0 Å². The molecule has 1 aromatic carbocycles. The number of para-hydroxylation sites is 1. The molecular formula is C18H30ClN3O. The van der Waals surface area contributed by atoms with E-state index in [0.29, 0.717) is 31.0 Å². The van der Waals surface area contributed by atoms with Gasteiger partial charge in [0.2, 0.25) is 5.91 Å². The van der Waals surface area contributed by atoms with E-state index in [1.807, 2.05) is 18.2 Å². The quantitative estimate of drug-likeness (QED) is 0.865. The second-order valence-electron chi connectivity index (χ2n) is 6.68. The zero-order valence-electron chi connectivity index (χ0n) is 14.4. The number of anilines is 1. The molecule has 0 spiro atoms. The molecule has 1 amide bonds. The van der Waals surface area contributed by atoms with Gasteiger partial charge in [-0.3, -0.25) is 9.69 Å². The molecule has 3 N–H and O–H groups in total. The predicted octanol–water partition coefficient (Wildman–Crippen LogP) is 3.23. The Kier molecular flexibility index (Phi) is 8.03. The summed E-state index contributed by atoms with van der Waals surface area (Å²) in [5.74, 6) is 1.01. The van der Waals surface area contributed by atoms with Gasteiger partial charge in [-0.1, -0.05) is 39.0 Å². The third kappa shape index (κ3) is 5.20. The second kappa shape index (κ2) is 9.26. The number of benzene rings is 1. The molecule has 5 heteroatoms. The van der Waals surface area contributed by atoms with E-state index in [0.717, 1.165) is 18.7 Å².